The number of hydrogen-bond donors (Lipinski definition) is 0. The number of rotatable bonds is 17. The Morgan fingerprint density at radius 2 is 1.30 bits per heavy atom. The molecule has 2 heteroatoms. The van der Waals surface area contributed by atoms with E-state index in [1.165, 1.54) is 89.7 Å². The first kappa shape index (κ1) is 23.7. The number of hydrogen-bond acceptors (Lipinski definition) is 2. The average molecular weight is 375 g/mol. The summed E-state index contributed by atoms with van der Waals surface area (Å²) < 4.78 is 4.66. The summed E-state index contributed by atoms with van der Waals surface area (Å²) in [6.07, 6.45) is 18.9. The minimum Gasteiger partial charge on any atom is -0.469 e. The Hall–Kier alpha value is -1.31. The summed E-state index contributed by atoms with van der Waals surface area (Å²) in [5, 5.41) is 0. The van der Waals surface area contributed by atoms with Gasteiger partial charge in [-0.3, -0.25) is 4.79 Å². The molecular weight excluding hydrogens is 332 g/mol. The summed E-state index contributed by atoms with van der Waals surface area (Å²) in [5.74, 6) is 0.690. The summed E-state index contributed by atoms with van der Waals surface area (Å²) in [6, 6.07) is 11.1. The van der Waals surface area contributed by atoms with E-state index in [1.54, 1.807) is 0 Å². The molecule has 1 atom stereocenters. The molecule has 1 rings (SSSR count). The van der Waals surface area contributed by atoms with E-state index in [0.717, 1.165) is 18.8 Å². The predicted octanol–water partition coefficient (Wildman–Crippen LogP) is 7.81. The predicted molar refractivity (Wildman–Crippen MR) is 116 cm³/mol. The molecule has 0 saturated carbocycles. The van der Waals surface area contributed by atoms with Gasteiger partial charge in [-0.2, -0.15) is 0 Å². The highest BCUT2D eigenvalue weighted by atomic mass is 16.5. The fourth-order valence-corrected chi connectivity index (χ4v) is 3.90. The lowest BCUT2D eigenvalue weighted by Crippen LogP contribution is -1.99. The Morgan fingerprint density at radius 1 is 0.778 bits per heavy atom. The first-order valence-electron chi connectivity index (χ1n) is 11.4. The van der Waals surface area contributed by atoms with E-state index in [2.05, 4.69) is 42.0 Å². The molecule has 0 radical (unpaired) electrons. The maximum Gasteiger partial charge on any atom is 0.305 e. The zero-order valence-electron chi connectivity index (χ0n) is 17.9. The normalized spacial score (nSPS) is 12.1. The van der Waals surface area contributed by atoms with Crippen molar-refractivity contribution in [1.82, 2.24) is 0 Å². The van der Waals surface area contributed by atoms with Crippen molar-refractivity contribution in [3.8, 4) is 0 Å². The summed E-state index contributed by atoms with van der Waals surface area (Å²) in [7, 11) is 1.47. The first-order chi connectivity index (χ1) is 13.3. The van der Waals surface area contributed by atoms with Gasteiger partial charge in [0.05, 0.1) is 7.11 Å². The molecule has 0 heterocycles. The van der Waals surface area contributed by atoms with Crippen LogP contribution in [0.4, 0.5) is 0 Å². The second-order valence-electron chi connectivity index (χ2n) is 7.90. The van der Waals surface area contributed by atoms with E-state index in [9.17, 15) is 4.79 Å². The Labute approximate surface area is 168 Å². The zero-order chi connectivity index (χ0) is 19.6. The van der Waals surface area contributed by atoms with Crippen LogP contribution >= 0.6 is 0 Å². The molecule has 1 aromatic rings. The van der Waals surface area contributed by atoms with E-state index in [4.69, 9.17) is 0 Å². The number of carbonyl (C=O) groups excluding carboxylic acids is 1. The molecule has 0 fully saturated rings. The Bertz CT molecular complexity index is 455. The van der Waals surface area contributed by atoms with Crippen molar-refractivity contribution in [3.05, 3.63) is 35.9 Å². The number of benzene rings is 1. The third-order valence-corrected chi connectivity index (χ3v) is 5.57. The summed E-state index contributed by atoms with van der Waals surface area (Å²) >= 11 is 0. The third kappa shape index (κ3) is 12.7. The van der Waals surface area contributed by atoms with Gasteiger partial charge in [0.25, 0.3) is 0 Å². The van der Waals surface area contributed by atoms with Gasteiger partial charge < -0.3 is 4.74 Å². The molecule has 0 aromatic heterocycles. The maximum atomic E-state index is 11.0. The standard InChI is InChI=1S/C25H42O2/c1-3-18-23(24-20-15-13-16-21-24)19-14-11-9-7-5-4-6-8-10-12-17-22-25(26)27-2/h13,15-16,20-21,23H,3-12,14,17-19,22H2,1-2H3. The van der Waals surface area contributed by atoms with Crippen molar-refractivity contribution in [1.29, 1.82) is 0 Å². The fourth-order valence-electron chi connectivity index (χ4n) is 3.90. The van der Waals surface area contributed by atoms with Crippen LogP contribution in [0.1, 0.15) is 115 Å². The molecule has 1 aromatic carbocycles. The highest BCUT2D eigenvalue weighted by molar-refractivity contribution is 5.68. The van der Waals surface area contributed by atoms with Gasteiger partial charge in [-0.25, -0.2) is 0 Å². The number of carbonyl (C=O) groups is 1. The zero-order valence-corrected chi connectivity index (χ0v) is 17.9. The van der Waals surface area contributed by atoms with Crippen LogP contribution in [0.2, 0.25) is 0 Å². The molecule has 0 saturated heterocycles. The summed E-state index contributed by atoms with van der Waals surface area (Å²) in [4.78, 5) is 11.0. The van der Waals surface area contributed by atoms with Crippen LogP contribution in [0, 0.1) is 0 Å². The quantitative estimate of drug-likeness (QED) is 0.205. The van der Waals surface area contributed by atoms with Crippen LogP contribution in [-0.4, -0.2) is 13.1 Å². The van der Waals surface area contributed by atoms with E-state index in [-0.39, 0.29) is 5.97 Å². The van der Waals surface area contributed by atoms with Gasteiger partial charge in [0.15, 0.2) is 0 Å². The van der Waals surface area contributed by atoms with Crippen molar-refractivity contribution >= 4 is 5.97 Å². The van der Waals surface area contributed by atoms with Gasteiger partial charge >= 0.3 is 5.97 Å². The molecule has 0 amide bonds. The monoisotopic (exact) mass is 374 g/mol. The van der Waals surface area contributed by atoms with E-state index >= 15 is 0 Å². The summed E-state index contributed by atoms with van der Waals surface area (Å²) in [6.45, 7) is 2.30. The van der Waals surface area contributed by atoms with E-state index < -0.39 is 0 Å². The van der Waals surface area contributed by atoms with Gasteiger partial charge in [-0.15, -0.1) is 0 Å². The number of unbranched alkanes of at least 4 members (excludes halogenated alkanes) is 10. The van der Waals surface area contributed by atoms with Crippen molar-refractivity contribution < 1.29 is 9.53 Å². The number of esters is 1. The Kier molecular flexibility index (Phi) is 14.8. The van der Waals surface area contributed by atoms with Gasteiger partial charge in [-0.1, -0.05) is 108 Å². The lowest BCUT2D eigenvalue weighted by molar-refractivity contribution is -0.140. The lowest BCUT2D eigenvalue weighted by atomic mass is 9.89. The highest BCUT2D eigenvalue weighted by Crippen LogP contribution is 2.27. The van der Waals surface area contributed by atoms with Crippen LogP contribution in [0.5, 0.6) is 0 Å². The molecule has 0 aliphatic rings. The van der Waals surface area contributed by atoms with Crippen molar-refractivity contribution in [2.45, 2.75) is 109 Å². The van der Waals surface area contributed by atoms with Gasteiger partial charge in [0.2, 0.25) is 0 Å². The van der Waals surface area contributed by atoms with E-state index in [0.29, 0.717) is 6.42 Å². The minimum absolute atomic E-state index is 0.0696. The molecule has 154 valence electrons. The topological polar surface area (TPSA) is 26.3 Å². The molecule has 27 heavy (non-hydrogen) atoms. The molecule has 2 nitrogen and oxygen atoms in total. The average Bonchev–Trinajstić information content (AvgIpc) is 2.71. The van der Waals surface area contributed by atoms with Gasteiger partial charge in [0, 0.05) is 6.42 Å². The number of ether oxygens (including phenoxy) is 1. The lowest BCUT2D eigenvalue weighted by Gasteiger charge is -2.16. The third-order valence-electron chi connectivity index (χ3n) is 5.57. The largest absolute Gasteiger partial charge is 0.469 e. The van der Waals surface area contributed by atoms with Gasteiger partial charge in [-0.05, 0) is 30.7 Å². The first-order valence-corrected chi connectivity index (χ1v) is 11.4. The molecular formula is C25H42O2. The van der Waals surface area contributed by atoms with Gasteiger partial charge in [0.1, 0.15) is 0 Å². The van der Waals surface area contributed by atoms with Crippen molar-refractivity contribution in [3.63, 3.8) is 0 Å². The van der Waals surface area contributed by atoms with Crippen LogP contribution in [-0.2, 0) is 9.53 Å². The van der Waals surface area contributed by atoms with Crippen LogP contribution in [0.15, 0.2) is 30.3 Å². The maximum absolute atomic E-state index is 11.0. The second-order valence-corrected chi connectivity index (χ2v) is 7.90. The van der Waals surface area contributed by atoms with E-state index in [1.807, 2.05) is 0 Å². The molecule has 0 spiro atoms. The molecule has 0 N–H and O–H groups in total. The molecule has 0 bridgehead atoms. The number of methoxy groups -OCH3 is 1. The minimum atomic E-state index is -0.0696. The smallest absolute Gasteiger partial charge is 0.305 e. The van der Waals surface area contributed by atoms with Crippen molar-refractivity contribution in [2.75, 3.05) is 7.11 Å². The fraction of sp³-hybridized carbons (Fsp3) is 0.720. The SMILES string of the molecule is CCCC(CCCCCCCCCCCCCC(=O)OC)c1ccccc1. The second kappa shape index (κ2) is 16.8. The van der Waals surface area contributed by atoms with Crippen LogP contribution in [0.25, 0.3) is 0 Å². The molecule has 0 aliphatic carbocycles. The summed E-state index contributed by atoms with van der Waals surface area (Å²) in [5.41, 5.74) is 1.53. The molecule has 0 aliphatic heterocycles. The Morgan fingerprint density at radius 3 is 1.81 bits per heavy atom. The highest BCUT2D eigenvalue weighted by Gasteiger charge is 2.09. The molecule has 1 unspecified atom stereocenters. The van der Waals surface area contributed by atoms with Crippen LogP contribution in [0.3, 0.4) is 0 Å². The Balaban J connectivity index is 1.91. The van der Waals surface area contributed by atoms with Crippen molar-refractivity contribution in [2.24, 2.45) is 0 Å². The van der Waals surface area contributed by atoms with Crippen LogP contribution < -0.4 is 0 Å².